The van der Waals surface area contributed by atoms with Crippen LogP contribution < -0.4 is 10.6 Å². The number of hydrogen-bond donors (Lipinski definition) is 2. The highest BCUT2D eigenvalue weighted by Crippen LogP contribution is 2.18. The van der Waals surface area contributed by atoms with Crippen molar-refractivity contribution in [1.82, 2.24) is 5.32 Å². The molecular weight excluding hydrogens is 228 g/mol. The molecule has 1 heterocycles. The lowest BCUT2D eigenvalue weighted by molar-refractivity contribution is 0.189. The fraction of sp³-hybridized carbons (Fsp3) is 0.500. The number of carbonyl (C=O) groups excluding carboxylic acids is 1. The summed E-state index contributed by atoms with van der Waals surface area (Å²) in [4.78, 5) is 11.8. The zero-order chi connectivity index (χ0) is 13.0. The molecule has 2 rings (SSSR count). The Hall–Kier alpha value is -1.55. The molecular formula is C14H20N2O2. The van der Waals surface area contributed by atoms with Crippen LogP contribution in [0, 0.1) is 0 Å². The normalized spacial score (nSPS) is 18.9. The third-order valence-electron chi connectivity index (χ3n) is 3.08. The molecule has 0 saturated carbocycles. The van der Waals surface area contributed by atoms with Gasteiger partial charge < -0.3 is 15.4 Å². The number of urea groups is 1. The highest BCUT2D eigenvalue weighted by molar-refractivity contribution is 5.89. The second-order valence-electron chi connectivity index (χ2n) is 4.94. The van der Waals surface area contributed by atoms with Crippen molar-refractivity contribution in [1.29, 1.82) is 0 Å². The van der Waals surface area contributed by atoms with Crippen LogP contribution in [0.5, 0.6) is 0 Å². The molecule has 1 aliphatic rings. The number of benzene rings is 1. The molecule has 1 atom stereocenters. The molecule has 4 heteroatoms. The Balaban J connectivity index is 1.91. The SMILES string of the molecule is CC(C)c1cccc(NC(=O)NC2CCOC2)c1. The van der Waals surface area contributed by atoms with Gasteiger partial charge >= 0.3 is 6.03 Å². The Morgan fingerprint density at radius 2 is 2.28 bits per heavy atom. The molecule has 0 aromatic heterocycles. The first-order valence-electron chi connectivity index (χ1n) is 6.40. The molecule has 2 N–H and O–H groups in total. The Labute approximate surface area is 108 Å². The third kappa shape index (κ3) is 3.47. The number of carbonyl (C=O) groups is 1. The van der Waals surface area contributed by atoms with Crippen molar-refractivity contribution < 1.29 is 9.53 Å². The Kier molecular flexibility index (Phi) is 4.20. The quantitative estimate of drug-likeness (QED) is 0.864. The summed E-state index contributed by atoms with van der Waals surface area (Å²) in [5.41, 5.74) is 2.05. The van der Waals surface area contributed by atoms with E-state index in [1.54, 1.807) is 0 Å². The van der Waals surface area contributed by atoms with Gasteiger partial charge in [-0.2, -0.15) is 0 Å². The molecule has 4 nitrogen and oxygen atoms in total. The highest BCUT2D eigenvalue weighted by atomic mass is 16.5. The molecule has 1 saturated heterocycles. The minimum absolute atomic E-state index is 0.137. The molecule has 0 spiro atoms. The molecule has 2 amide bonds. The molecule has 0 aliphatic carbocycles. The van der Waals surface area contributed by atoms with Crippen LogP contribution in [0.2, 0.25) is 0 Å². The summed E-state index contributed by atoms with van der Waals surface area (Å²) in [7, 11) is 0. The number of amides is 2. The topological polar surface area (TPSA) is 50.4 Å². The van der Waals surface area contributed by atoms with Gasteiger partial charge in [-0.1, -0.05) is 26.0 Å². The second-order valence-corrected chi connectivity index (χ2v) is 4.94. The van der Waals surface area contributed by atoms with Crippen molar-refractivity contribution in [3.05, 3.63) is 29.8 Å². The average molecular weight is 248 g/mol. The zero-order valence-electron chi connectivity index (χ0n) is 10.9. The van der Waals surface area contributed by atoms with Crippen LogP contribution >= 0.6 is 0 Å². The summed E-state index contributed by atoms with van der Waals surface area (Å²) in [5, 5.41) is 5.76. The molecule has 0 bridgehead atoms. The van der Waals surface area contributed by atoms with Gasteiger partial charge in [-0.15, -0.1) is 0 Å². The zero-order valence-corrected chi connectivity index (χ0v) is 10.9. The molecule has 1 aromatic rings. The summed E-state index contributed by atoms with van der Waals surface area (Å²) < 4.78 is 5.22. The van der Waals surface area contributed by atoms with Crippen LogP contribution in [-0.2, 0) is 4.74 Å². The van der Waals surface area contributed by atoms with Crippen LogP contribution in [0.4, 0.5) is 10.5 Å². The Morgan fingerprint density at radius 1 is 1.44 bits per heavy atom. The Bertz CT molecular complexity index is 412. The number of anilines is 1. The minimum atomic E-state index is -0.161. The fourth-order valence-corrected chi connectivity index (χ4v) is 1.98. The van der Waals surface area contributed by atoms with Crippen molar-refractivity contribution in [2.24, 2.45) is 0 Å². The molecule has 1 fully saturated rings. The van der Waals surface area contributed by atoms with E-state index in [4.69, 9.17) is 4.74 Å². The summed E-state index contributed by atoms with van der Waals surface area (Å²) in [6.45, 7) is 5.61. The van der Waals surface area contributed by atoms with E-state index in [-0.39, 0.29) is 12.1 Å². The largest absolute Gasteiger partial charge is 0.379 e. The highest BCUT2D eigenvalue weighted by Gasteiger charge is 2.17. The van der Waals surface area contributed by atoms with Crippen LogP contribution in [0.1, 0.15) is 31.7 Å². The van der Waals surface area contributed by atoms with Crippen LogP contribution in [0.15, 0.2) is 24.3 Å². The molecule has 0 radical (unpaired) electrons. The number of ether oxygens (including phenoxy) is 1. The van der Waals surface area contributed by atoms with Gasteiger partial charge in [0.25, 0.3) is 0 Å². The average Bonchev–Trinajstić information content (AvgIpc) is 2.82. The van der Waals surface area contributed by atoms with Gasteiger partial charge in [-0.25, -0.2) is 4.79 Å². The second kappa shape index (κ2) is 5.87. The van der Waals surface area contributed by atoms with Gasteiger partial charge in [0, 0.05) is 12.3 Å². The van der Waals surface area contributed by atoms with E-state index in [2.05, 4.69) is 30.5 Å². The Morgan fingerprint density at radius 3 is 2.94 bits per heavy atom. The van der Waals surface area contributed by atoms with Crippen molar-refractivity contribution in [3.8, 4) is 0 Å². The molecule has 1 aliphatic heterocycles. The lowest BCUT2D eigenvalue weighted by atomic mass is 10.0. The summed E-state index contributed by atoms with van der Waals surface area (Å²) in [6, 6.07) is 7.92. The fourth-order valence-electron chi connectivity index (χ4n) is 1.98. The van der Waals surface area contributed by atoms with Gasteiger partial charge in [-0.05, 0) is 30.0 Å². The third-order valence-corrected chi connectivity index (χ3v) is 3.08. The number of hydrogen-bond acceptors (Lipinski definition) is 2. The number of nitrogens with one attached hydrogen (secondary N) is 2. The lowest BCUT2D eigenvalue weighted by Crippen LogP contribution is -2.38. The van der Waals surface area contributed by atoms with Gasteiger partial charge in [0.15, 0.2) is 0 Å². The van der Waals surface area contributed by atoms with E-state index in [1.165, 1.54) is 5.56 Å². The lowest BCUT2D eigenvalue weighted by Gasteiger charge is -2.13. The predicted molar refractivity (Wildman–Crippen MR) is 71.9 cm³/mol. The van der Waals surface area contributed by atoms with E-state index >= 15 is 0 Å². The maximum atomic E-state index is 11.8. The van der Waals surface area contributed by atoms with Crippen LogP contribution in [0.25, 0.3) is 0 Å². The smallest absolute Gasteiger partial charge is 0.319 e. The number of rotatable bonds is 3. The van der Waals surface area contributed by atoms with Gasteiger partial charge in [0.1, 0.15) is 0 Å². The predicted octanol–water partition coefficient (Wildman–Crippen LogP) is 2.72. The monoisotopic (exact) mass is 248 g/mol. The molecule has 1 unspecified atom stereocenters. The van der Waals surface area contributed by atoms with Crippen LogP contribution in [-0.4, -0.2) is 25.3 Å². The van der Waals surface area contributed by atoms with Crippen molar-refractivity contribution >= 4 is 11.7 Å². The van der Waals surface area contributed by atoms with Crippen molar-refractivity contribution in [2.45, 2.75) is 32.2 Å². The van der Waals surface area contributed by atoms with E-state index in [0.29, 0.717) is 12.5 Å². The standard InChI is InChI=1S/C14H20N2O2/c1-10(2)11-4-3-5-12(8-11)15-14(17)16-13-6-7-18-9-13/h3-5,8,10,13H,6-7,9H2,1-2H3,(H2,15,16,17). The van der Waals surface area contributed by atoms with Crippen LogP contribution in [0.3, 0.4) is 0 Å². The van der Waals surface area contributed by atoms with E-state index < -0.39 is 0 Å². The van der Waals surface area contributed by atoms with Gasteiger partial charge in [0.2, 0.25) is 0 Å². The summed E-state index contributed by atoms with van der Waals surface area (Å²) in [6.07, 6.45) is 0.888. The molecule has 98 valence electrons. The van der Waals surface area contributed by atoms with E-state index in [1.807, 2.05) is 18.2 Å². The summed E-state index contributed by atoms with van der Waals surface area (Å²) >= 11 is 0. The van der Waals surface area contributed by atoms with Gasteiger partial charge in [-0.3, -0.25) is 0 Å². The minimum Gasteiger partial charge on any atom is -0.379 e. The molecule has 1 aromatic carbocycles. The first-order valence-corrected chi connectivity index (χ1v) is 6.40. The van der Waals surface area contributed by atoms with Gasteiger partial charge in [0.05, 0.1) is 12.6 Å². The van der Waals surface area contributed by atoms with Crippen molar-refractivity contribution in [3.63, 3.8) is 0 Å². The first-order chi connectivity index (χ1) is 8.65. The summed E-state index contributed by atoms with van der Waals surface area (Å²) in [5.74, 6) is 0.457. The maximum Gasteiger partial charge on any atom is 0.319 e. The maximum absolute atomic E-state index is 11.8. The van der Waals surface area contributed by atoms with E-state index in [9.17, 15) is 4.79 Å². The first kappa shape index (κ1) is 12.9. The molecule has 18 heavy (non-hydrogen) atoms. The van der Waals surface area contributed by atoms with Crippen molar-refractivity contribution in [2.75, 3.05) is 18.5 Å². The van der Waals surface area contributed by atoms with E-state index in [0.717, 1.165) is 18.7 Å².